The van der Waals surface area contributed by atoms with Crippen molar-refractivity contribution in [1.29, 1.82) is 0 Å². The van der Waals surface area contributed by atoms with Gasteiger partial charge in [-0.05, 0) is 69.7 Å². The molecule has 0 aromatic heterocycles. The van der Waals surface area contributed by atoms with Crippen LogP contribution in [0.5, 0.6) is 5.75 Å². The van der Waals surface area contributed by atoms with Gasteiger partial charge in [0.15, 0.2) is 5.60 Å². The lowest BCUT2D eigenvalue weighted by Crippen LogP contribution is -2.40. The number of carbonyl (C=O) groups is 2. The molecule has 0 amide bonds. The second-order valence-corrected chi connectivity index (χ2v) is 8.87. The van der Waals surface area contributed by atoms with Crippen LogP contribution in [0, 0.1) is 5.92 Å². The molecule has 2 fully saturated rings. The fourth-order valence-electron chi connectivity index (χ4n) is 4.42. The van der Waals surface area contributed by atoms with Crippen LogP contribution in [0.15, 0.2) is 24.3 Å². The number of likely N-dealkylation sites (tertiary alicyclic amines) is 1. The third-order valence-corrected chi connectivity index (χ3v) is 6.16. The Kier molecular flexibility index (Phi) is 6.76. The van der Waals surface area contributed by atoms with Crippen LogP contribution in [0.1, 0.15) is 70.3 Å². The molecule has 5 heteroatoms. The standard InChI is InChI=1S/C23H33NO4/c1-23(2,22(26)27)28-20-12-6-10-18(14-20)19-11-7-13-24(15-19)16-21(25)17-8-4-3-5-9-17/h6,10,12,14,17,19H,3-5,7-9,11,13,15-16H2,1-2H3,(H,26,27). The fourth-order valence-corrected chi connectivity index (χ4v) is 4.42. The molecule has 1 saturated carbocycles. The number of aliphatic carboxylic acids is 1. The van der Waals surface area contributed by atoms with E-state index >= 15 is 0 Å². The molecule has 1 atom stereocenters. The lowest BCUT2D eigenvalue weighted by molar-refractivity contribution is -0.152. The molecule has 154 valence electrons. The molecule has 0 bridgehead atoms. The Hall–Kier alpha value is -1.88. The van der Waals surface area contributed by atoms with Gasteiger partial charge in [-0.2, -0.15) is 0 Å². The predicted octanol–water partition coefficient (Wildman–Crippen LogP) is 4.26. The summed E-state index contributed by atoms with van der Waals surface area (Å²) in [7, 11) is 0. The molecular weight excluding hydrogens is 354 g/mol. The number of piperidine rings is 1. The molecule has 28 heavy (non-hydrogen) atoms. The van der Waals surface area contributed by atoms with Gasteiger partial charge in [-0.15, -0.1) is 0 Å². The highest BCUT2D eigenvalue weighted by atomic mass is 16.5. The molecule has 1 N–H and O–H groups in total. The Bertz CT molecular complexity index is 694. The van der Waals surface area contributed by atoms with Gasteiger partial charge in [-0.25, -0.2) is 4.79 Å². The van der Waals surface area contributed by atoms with Crippen LogP contribution in [-0.2, 0) is 9.59 Å². The summed E-state index contributed by atoms with van der Waals surface area (Å²) in [5, 5.41) is 9.28. The van der Waals surface area contributed by atoms with E-state index in [0.717, 1.165) is 44.3 Å². The number of hydrogen-bond donors (Lipinski definition) is 1. The summed E-state index contributed by atoms with van der Waals surface area (Å²) in [6.07, 6.45) is 7.95. The van der Waals surface area contributed by atoms with Crippen LogP contribution in [0.2, 0.25) is 0 Å². The van der Waals surface area contributed by atoms with Gasteiger partial charge in [0.1, 0.15) is 11.5 Å². The number of Topliss-reactive ketones (excluding diaryl/α,β-unsaturated/α-hetero) is 1. The molecule has 1 heterocycles. The number of carboxylic acids is 1. The Balaban J connectivity index is 1.61. The highest BCUT2D eigenvalue weighted by Gasteiger charge is 2.30. The summed E-state index contributed by atoms with van der Waals surface area (Å²) in [6, 6.07) is 7.77. The van der Waals surface area contributed by atoms with Crippen molar-refractivity contribution in [3.8, 4) is 5.75 Å². The van der Waals surface area contributed by atoms with Crippen LogP contribution in [0.4, 0.5) is 0 Å². The minimum absolute atomic E-state index is 0.268. The molecule has 1 unspecified atom stereocenters. The van der Waals surface area contributed by atoms with Gasteiger partial charge in [-0.1, -0.05) is 31.4 Å². The van der Waals surface area contributed by atoms with E-state index in [1.807, 2.05) is 12.1 Å². The van der Waals surface area contributed by atoms with Gasteiger partial charge >= 0.3 is 5.97 Å². The summed E-state index contributed by atoms with van der Waals surface area (Å²) >= 11 is 0. The van der Waals surface area contributed by atoms with Crippen molar-refractivity contribution in [3.05, 3.63) is 29.8 Å². The second kappa shape index (κ2) is 9.08. The van der Waals surface area contributed by atoms with Crippen molar-refractivity contribution in [2.45, 2.75) is 70.3 Å². The summed E-state index contributed by atoms with van der Waals surface area (Å²) in [5.74, 6) is 0.636. The molecule has 0 radical (unpaired) electrons. The average molecular weight is 388 g/mol. The summed E-state index contributed by atoms with van der Waals surface area (Å²) < 4.78 is 5.70. The summed E-state index contributed by atoms with van der Waals surface area (Å²) in [5.41, 5.74) is -0.0996. The Morgan fingerprint density at radius 2 is 1.89 bits per heavy atom. The van der Waals surface area contributed by atoms with Crippen molar-refractivity contribution in [2.24, 2.45) is 5.92 Å². The number of benzene rings is 1. The average Bonchev–Trinajstić information content (AvgIpc) is 2.68. The van der Waals surface area contributed by atoms with Crippen LogP contribution in [-0.4, -0.2) is 47.0 Å². The number of ketones is 1. The molecule has 3 rings (SSSR count). The maximum Gasteiger partial charge on any atom is 0.347 e. The number of nitrogens with zero attached hydrogens (tertiary/aromatic N) is 1. The van der Waals surface area contributed by atoms with Gasteiger partial charge in [0.2, 0.25) is 0 Å². The molecule has 1 aromatic carbocycles. The molecule has 5 nitrogen and oxygen atoms in total. The van der Waals surface area contributed by atoms with E-state index in [0.29, 0.717) is 24.0 Å². The lowest BCUT2D eigenvalue weighted by atomic mass is 9.85. The molecule has 1 aliphatic heterocycles. The smallest absolute Gasteiger partial charge is 0.347 e. The largest absolute Gasteiger partial charge is 0.478 e. The van der Waals surface area contributed by atoms with Gasteiger partial charge in [0.25, 0.3) is 0 Å². The van der Waals surface area contributed by atoms with Crippen molar-refractivity contribution in [3.63, 3.8) is 0 Å². The SMILES string of the molecule is CC(C)(Oc1cccc(C2CCCN(CC(=O)C3CCCCC3)C2)c1)C(=O)O. The maximum atomic E-state index is 12.7. The van der Waals surface area contributed by atoms with E-state index in [2.05, 4.69) is 11.0 Å². The van der Waals surface area contributed by atoms with Crippen LogP contribution >= 0.6 is 0 Å². The third kappa shape index (κ3) is 5.34. The number of carbonyl (C=O) groups excluding carboxylic acids is 1. The fraction of sp³-hybridized carbons (Fsp3) is 0.652. The number of carboxylic acid groups (broad SMARTS) is 1. The van der Waals surface area contributed by atoms with E-state index in [1.54, 1.807) is 19.9 Å². The highest BCUT2D eigenvalue weighted by Crippen LogP contribution is 2.31. The van der Waals surface area contributed by atoms with E-state index in [-0.39, 0.29) is 5.92 Å². The Morgan fingerprint density at radius 1 is 1.14 bits per heavy atom. The molecule has 1 saturated heterocycles. The topological polar surface area (TPSA) is 66.8 Å². The predicted molar refractivity (Wildman–Crippen MR) is 109 cm³/mol. The van der Waals surface area contributed by atoms with Gasteiger partial charge in [0.05, 0.1) is 6.54 Å². The zero-order valence-corrected chi connectivity index (χ0v) is 17.2. The van der Waals surface area contributed by atoms with Gasteiger partial charge in [0, 0.05) is 12.5 Å². The van der Waals surface area contributed by atoms with E-state index in [1.165, 1.54) is 19.3 Å². The lowest BCUT2D eigenvalue weighted by Gasteiger charge is -2.34. The summed E-state index contributed by atoms with van der Waals surface area (Å²) in [6.45, 7) is 5.55. The molecule has 1 aromatic rings. The molecule has 1 aliphatic carbocycles. The minimum Gasteiger partial charge on any atom is -0.478 e. The monoisotopic (exact) mass is 387 g/mol. The first-order valence-corrected chi connectivity index (χ1v) is 10.6. The van der Waals surface area contributed by atoms with Crippen LogP contribution in [0.25, 0.3) is 0 Å². The van der Waals surface area contributed by atoms with Gasteiger partial charge in [-0.3, -0.25) is 9.69 Å². The zero-order chi connectivity index (χ0) is 20.1. The van der Waals surface area contributed by atoms with E-state index < -0.39 is 11.6 Å². The van der Waals surface area contributed by atoms with E-state index in [4.69, 9.17) is 4.74 Å². The first kappa shape index (κ1) is 20.8. The molecule has 2 aliphatic rings. The van der Waals surface area contributed by atoms with Crippen LogP contribution in [0.3, 0.4) is 0 Å². The first-order valence-electron chi connectivity index (χ1n) is 10.6. The van der Waals surface area contributed by atoms with Gasteiger partial charge < -0.3 is 9.84 Å². The zero-order valence-electron chi connectivity index (χ0n) is 17.2. The van der Waals surface area contributed by atoms with E-state index in [9.17, 15) is 14.7 Å². The number of hydrogen-bond acceptors (Lipinski definition) is 4. The second-order valence-electron chi connectivity index (χ2n) is 8.87. The van der Waals surface area contributed by atoms with Crippen molar-refractivity contribution in [1.82, 2.24) is 4.90 Å². The van der Waals surface area contributed by atoms with Crippen molar-refractivity contribution in [2.75, 3.05) is 19.6 Å². The Morgan fingerprint density at radius 3 is 2.61 bits per heavy atom. The molecular formula is C23H33NO4. The minimum atomic E-state index is -1.26. The maximum absolute atomic E-state index is 12.7. The number of rotatable bonds is 7. The van der Waals surface area contributed by atoms with Crippen molar-refractivity contribution >= 4 is 11.8 Å². The van der Waals surface area contributed by atoms with Crippen molar-refractivity contribution < 1.29 is 19.4 Å². The normalized spacial score (nSPS) is 22.0. The Labute approximate surface area is 168 Å². The molecule has 0 spiro atoms. The summed E-state index contributed by atoms with van der Waals surface area (Å²) in [4.78, 5) is 26.3. The highest BCUT2D eigenvalue weighted by molar-refractivity contribution is 5.83. The third-order valence-electron chi connectivity index (χ3n) is 6.16. The quantitative estimate of drug-likeness (QED) is 0.757. The van der Waals surface area contributed by atoms with Crippen LogP contribution < -0.4 is 4.74 Å². The first-order chi connectivity index (χ1) is 13.3. The number of ether oxygens (including phenoxy) is 1.